The van der Waals surface area contributed by atoms with Gasteiger partial charge in [0.2, 0.25) is 0 Å². The van der Waals surface area contributed by atoms with Gasteiger partial charge >= 0.3 is 6.03 Å². The van der Waals surface area contributed by atoms with Gasteiger partial charge in [0.15, 0.2) is 28.1 Å². The molecular formula is C11H9N3O4. The van der Waals surface area contributed by atoms with Gasteiger partial charge in [0.25, 0.3) is 5.91 Å². The van der Waals surface area contributed by atoms with Crippen molar-refractivity contribution in [3.63, 3.8) is 0 Å². The van der Waals surface area contributed by atoms with Crippen LogP contribution in [-0.4, -0.2) is 22.0 Å². The molecule has 3 N–H and O–H groups in total. The number of pyridine rings is 1. The Morgan fingerprint density at radius 3 is 2.83 bits per heavy atom. The summed E-state index contributed by atoms with van der Waals surface area (Å²) >= 11 is 0. The van der Waals surface area contributed by atoms with Crippen LogP contribution in [0.15, 0.2) is 22.7 Å². The van der Waals surface area contributed by atoms with E-state index in [1.165, 1.54) is 13.1 Å². The molecule has 0 aliphatic carbocycles. The summed E-state index contributed by atoms with van der Waals surface area (Å²) < 4.78 is 5.42. The van der Waals surface area contributed by atoms with Gasteiger partial charge in [-0.25, -0.2) is 9.78 Å². The smallest absolute Gasteiger partial charge is 0.322 e. The molecule has 1 aliphatic rings. The molecule has 1 aliphatic heterocycles. The summed E-state index contributed by atoms with van der Waals surface area (Å²) in [6, 6.07) is 2.63. The number of urea groups is 1. The molecule has 0 spiro atoms. The van der Waals surface area contributed by atoms with E-state index in [1.54, 1.807) is 12.1 Å². The van der Waals surface area contributed by atoms with Crippen molar-refractivity contribution in [3.8, 4) is 5.75 Å². The third-order valence-electron chi connectivity index (χ3n) is 2.92. The fourth-order valence-corrected chi connectivity index (χ4v) is 1.96. The van der Waals surface area contributed by atoms with Gasteiger partial charge in [0.05, 0.1) is 0 Å². The third kappa shape index (κ3) is 1.21. The number of imide groups is 1. The summed E-state index contributed by atoms with van der Waals surface area (Å²) in [7, 11) is 0. The Bertz CT molecular complexity index is 678. The Balaban J connectivity index is 2.23. The molecular weight excluding hydrogens is 238 g/mol. The highest BCUT2D eigenvalue weighted by atomic mass is 16.4. The lowest BCUT2D eigenvalue weighted by Crippen LogP contribution is -2.40. The van der Waals surface area contributed by atoms with E-state index in [-0.39, 0.29) is 17.0 Å². The van der Waals surface area contributed by atoms with E-state index in [0.717, 1.165) is 0 Å². The number of furan rings is 1. The number of rotatable bonds is 1. The molecule has 3 rings (SSSR count). The van der Waals surface area contributed by atoms with Crippen molar-refractivity contribution >= 4 is 23.0 Å². The zero-order valence-corrected chi connectivity index (χ0v) is 9.35. The maximum atomic E-state index is 11.7. The average molecular weight is 247 g/mol. The van der Waals surface area contributed by atoms with Crippen LogP contribution in [0.25, 0.3) is 11.1 Å². The van der Waals surface area contributed by atoms with E-state index < -0.39 is 17.5 Å². The Hall–Kier alpha value is -2.57. The van der Waals surface area contributed by atoms with Gasteiger partial charge in [-0.1, -0.05) is 0 Å². The molecule has 7 heteroatoms. The normalized spacial score (nSPS) is 23.2. The summed E-state index contributed by atoms with van der Waals surface area (Å²) in [4.78, 5) is 26.9. The van der Waals surface area contributed by atoms with Gasteiger partial charge in [-0.3, -0.25) is 10.1 Å². The molecule has 18 heavy (non-hydrogen) atoms. The van der Waals surface area contributed by atoms with Crippen LogP contribution in [-0.2, 0) is 10.3 Å². The van der Waals surface area contributed by atoms with E-state index in [0.29, 0.717) is 5.58 Å². The SMILES string of the molecule is C[C@@]1(c2oc3cccnc3c2O)NC(=O)NC1=O. The number of aromatic hydroxyl groups is 1. The van der Waals surface area contributed by atoms with E-state index >= 15 is 0 Å². The molecule has 1 fully saturated rings. The summed E-state index contributed by atoms with van der Waals surface area (Å²) in [5.74, 6) is -0.855. The first-order valence-electron chi connectivity index (χ1n) is 5.23. The van der Waals surface area contributed by atoms with Crippen LogP contribution < -0.4 is 10.6 Å². The zero-order chi connectivity index (χ0) is 12.9. The average Bonchev–Trinajstić information content (AvgIpc) is 2.79. The second-order valence-electron chi connectivity index (χ2n) is 4.16. The molecule has 2 aromatic rings. The standard InChI is InChI=1S/C11H9N3O4/c1-11(9(16)13-10(17)14-11)8-7(15)6-5(18-8)3-2-4-12-6/h2-4,15H,1H3,(H2,13,14,16,17)/t11-/m0/s1. The highest BCUT2D eigenvalue weighted by molar-refractivity contribution is 6.07. The molecule has 92 valence electrons. The fourth-order valence-electron chi connectivity index (χ4n) is 1.96. The number of carbonyl (C=O) groups excluding carboxylic acids is 2. The molecule has 2 aromatic heterocycles. The van der Waals surface area contributed by atoms with Crippen molar-refractivity contribution in [1.29, 1.82) is 0 Å². The molecule has 0 aromatic carbocycles. The maximum Gasteiger partial charge on any atom is 0.322 e. The summed E-state index contributed by atoms with van der Waals surface area (Å²) in [5, 5.41) is 14.5. The van der Waals surface area contributed by atoms with Gasteiger partial charge in [-0.05, 0) is 19.1 Å². The van der Waals surface area contributed by atoms with Gasteiger partial charge in [-0.2, -0.15) is 0 Å². The van der Waals surface area contributed by atoms with Gasteiger partial charge < -0.3 is 14.8 Å². The number of aromatic nitrogens is 1. The van der Waals surface area contributed by atoms with Crippen molar-refractivity contribution < 1.29 is 19.1 Å². The topological polar surface area (TPSA) is 104 Å². The summed E-state index contributed by atoms with van der Waals surface area (Å²) in [5.41, 5.74) is -0.829. The summed E-state index contributed by atoms with van der Waals surface area (Å²) in [6.07, 6.45) is 1.50. The molecule has 3 amide bonds. The highest BCUT2D eigenvalue weighted by Gasteiger charge is 2.48. The van der Waals surface area contributed by atoms with E-state index in [4.69, 9.17) is 4.42 Å². The lowest BCUT2D eigenvalue weighted by Gasteiger charge is -2.17. The van der Waals surface area contributed by atoms with Gasteiger partial charge in [-0.15, -0.1) is 0 Å². The van der Waals surface area contributed by atoms with Crippen LogP contribution in [0.2, 0.25) is 0 Å². The van der Waals surface area contributed by atoms with Crippen LogP contribution in [0.1, 0.15) is 12.7 Å². The molecule has 3 heterocycles. The number of amides is 3. The van der Waals surface area contributed by atoms with Gasteiger partial charge in [0.1, 0.15) is 0 Å². The molecule has 1 saturated heterocycles. The largest absolute Gasteiger partial charge is 0.503 e. The number of nitrogens with zero attached hydrogens (tertiary/aromatic N) is 1. The first kappa shape index (κ1) is 10.6. The van der Waals surface area contributed by atoms with Crippen molar-refractivity contribution in [1.82, 2.24) is 15.6 Å². The number of carbonyl (C=O) groups is 2. The number of hydrogen-bond donors (Lipinski definition) is 3. The zero-order valence-electron chi connectivity index (χ0n) is 9.35. The van der Waals surface area contributed by atoms with E-state index in [2.05, 4.69) is 15.6 Å². The number of nitrogens with one attached hydrogen (secondary N) is 2. The van der Waals surface area contributed by atoms with E-state index in [1.807, 2.05) is 0 Å². The second kappa shape index (κ2) is 3.22. The predicted octanol–water partition coefficient (Wildman–Crippen LogP) is 0.588. The minimum atomic E-state index is -1.43. The lowest BCUT2D eigenvalue weighted by molar-refractivity contribution is -0.124. The Morgan fingerprint density at radius 1 is 1.44 bits per heavy atom. The quantitative estimate of drug-likeness (QED) is 0.639. The van der Waals surface area contributed by atoms with Crippen molar-refractivity contribution in [2.75, 3.05) is 0 Å². The van der Waals surface area contributed by atoms with Crippen LogP contribution in [0, 0.1) is 0 Å². The molecule has 0 saturated carbocycles. The van der Waals surface area contributed by atoms with E-state index in [9.17, 15) is 14.7 Å². The first-order valence-corrected chi connectivity index (χ1v) is 5.23. The summed E-state index contributed by atoms with van der Waals surface area (Å²) in [6.45, 7) is 1.45. The lowest BCUT2D eigenvalue weighted by atomic mass is 9.99. The maximum absolute atomic E-state index is 11.7. The minimum absolute atomic E-state index is 0.0282. The number of hydrogen-bond acceptors (Lipinski definition) is 5. The van der Waals surface area contributed by atoms with Crippen LogP contribution in [0.4, 0.5) is 4.79 Å². The molecule has 0 bridgehead atoms. The third-order valence-corrected chi connectivity index (χ3v) is 2.92. The molecule has 1 atom stereocenters. The van der Waals surface area contributed by atoms with Crippen LogP contribution in [0.3, 0.4) is 0 Å². The van der Waals surface area contributed by atoms with Crippen molar-refractivity contribution in [3.05, 3.63) is 24.1 Å². The predicted molar refractivity (Wildman–Crippen MR) is 59.7 cm³/mol. The monoisotopic (exact) mass is 247 g/mol. The van der Waals surface area contributed by atoms with Crippen molar-refractivity contribution in [2.24, 2.45) is 0 Å². The molecule has 0 unspecified atom stereocenters. The minimum Gasteiger partial charge on any atom is -0.503 e. The Morgan fingerprint density at radius 2 is 2.22 bits per heavy atom. The van der Waals surface area contributed by atoms with Gasteiger partial charge in [0, 0.05) is 6.20 Å². The molecule has 7 nitrogen and oxygen atoms in total. The molecule has 0 radical (unpaired) electrons. The Kier molecular flexibility index (Phi) is 1.89. The number of fused-ring (bicyclic) bond motifs is 1. The van der Waals surface area contributed by atoms with Crippen LogP contribution >= 0.6 is 0 Å². The van der Waals surface area contributed by atoms with Crippen molar-refractivity contribution in [2.45, 2.75) is 12.5 Å². The fraction of sp³-hybridized carbons (Fsp3) is 0.182. The van der Waals surface area contributed by atoms with Crippen LogP contribution in [0.5, 0.6) is 5.75 Å². The highest BCUT2D eigenvalue weighted by Crippen LogP contribution is 2.38. The first-order chi connectivity index (χ1) is 8.52. The second-order valence-corrected chi connectivity index (χ2v) is 4.16. The Labute approximate surface area is 101 Å².